The van der Waals surface area contributed by atoms with Gasteiger partial charge in [0.05, 0.1) is 5.69 Å². The number of thiazole rings is 1. The fourth-order valence-corrected chi connectivity index (χ4v) is 3.55. The molecule has 1 unspecified atom stereocenters. The summed E-state index contributed by atoms with van der Waals surface area (Å²) in [5.74, 6) is -0.562. The van der Waals surface area contributed by atoms with Crippen molar-refractivity contribution < 1.29 is 14.3 Å². The van der Waals surface area contributed by atoms with Crippen molar-refractivity contribution in [3.05, 3.63) is 58.9 Å². The van der Waals surface area contributed by atoms with Crippen LogP contribution in [0.2, 0.25) is 0 Å². The Balaban J connectivity index is 1.64. The molecule has 0 saturated heterocycles. The molecule has 2 heterocycles. The summed E-state index contributed by atoms with van der Waals surface area (Å²) in [5.41, 5.74) is 2.35. The Morgan fingerprint density at radius 3 is 2.33 bits per heavy atom. The van der Waals surface area contributed by atoms with Crippen molar-refractivity contribution in [3.8, 4) is 10.8 Å². The molecular weight excluding hydrogens is 400 g/mol. The third kappa shape index (κ3) is 5.07. The number of hydrogen-bond acceptors (Lipinski definition) is 7. The lowest BCUT2D eigenvalue weighted by Gasteiger charge is -2.19. The molecule has 0 aliphatic rings. The smallest absolute Gasteiger partial charge is 0.351 e. The van der Waals surface area contributed by atoms with Crippen molar-refractivity contribution in [1.82, 2.24) is 15.0 Å². The Labute approximate surface area is 179 Å². The predicted molar refractivity (Wildman–Crippen MR) is 117 cm³/mol. The van der Waals surface area contributed by atoms with Crippen molar-refractivity contribution >= 4 is 28.9 Å². The van der Waals surface area contributed by atoms with Gasteiger partial charge in [0, 0.05) is 18.1 Å². The molecule has 0 spiro atoms. The first-order valence-electron chi connectivity index (χ1n) is 9.52. The number of anilines is 1. The van der Waals surface area contributed by atoms with E-state index >= 15 is 0 Å². The van der Waals surface area contributed by atoms with Gasteiger partial charge in [-0.3, -0.25) is 4.79 Å². The Kier molecular flexibility index (Phi) is 6.26. The highest BCUT2D eigenvalue weighted by molar-refractivity contribution is 7.16. The van der Waals surface area contributed by atoms with E-state index in [-0.39, 0.29) is 5.41 Å². The maximum atomic E-state index is 12.6. The molecule has 0 bridgehead atoms. The van der Waals surface area contributed by atoms with Crippen molar-refractivity contribution in [2.24, 2.45) is 0 Å². The second-order valence-electron chi connectivity index (χ2n) is 7.87. The Bertz CT molecular complexity index is 1040. The number of nitrogens with one attached hydrogen (secondary N) is 1. The maximum absolute atomic E-state index is 12.6. The number of benzene rings is 1. The number of esters is 1. The Morgan fingerprint density at radius 2 is 1.73 bits per heavy atom. The molecule has 1 amide bonds. The molecule has 156 valence electrons. The van der Waals surface area contributed by atoms with Gasteiger partial charge in [-0.15, -0.1) is 11.3 Å². The summed E-state index contributed by atoms with van der Waals surface area (Å²) in [6, 6.07) is 9.33. The lowest BCUT2D eigenvalue weighted by atomic mass is 9.87. The standard InChI is InChI=1S/C22H24N4O3S/c1-13-17(30-20(25-13)18-23-11-6-12-24-18)21(28)29-14(2)19(27)26-16-9-7-15(8-10-16)22(3,4)5/h6-12,14H,1-5H3,(H,26,27). The van der Waals surface area contributed by atoms with E-state index in [9.17, 15) is 9.59 Å². The average molecular weight is 425 g/mol. The van der Waals surface area contributed by atoms with Crippen LogP contribution in [0, 0.1) is 6.92 Å². The first kappa shape index (κ1) is 21.6. The summed E-state index contributed by atoms with van der Waals surface area (Å²) in [4.78, 5) is 38.0. The van der Waals surface area contributed by atoms with Crippen molar-refractivity contribution in [2.75, 3.05) is 5.32 Å². The quantitative estimate of drug-likeness (QED) is 0.611. The van der Waals surface area contributed by atoms with Gasteiger partial charge in [0.15, 0.2) is 16.9 Å². The van der Waals surface area contributed by atoms with Gasteiger partial charge in [0.25, 0.3) is 5.91 Å². The SMILES string of the molecule is Cc1nc(-c2ncccn2)sc1C(=O)OC(C)C(=O)Nc1ccc(C(C)(C)C)cc1. The largest absolute Gasteiger partial charge is 0.448 e. The van der Waals surface area contributed by atoms with E-state index in [0.29, 0.717) is 27.1 Å². The van der Waals surface area contributed by atoms with Crippen LogP contribution < -0.4 is 5.32 Å². The summed E-state index contributed by atoms with van der Waals surface area (Å²) in [6.45, 7) is 9.62. The molecular formula is C22H24N4O3S. The molecule has 1 atom stereocenters. The van der Waals surface area contributed by atoms with Gasteiger partial charge >= 0.3 is 5.97 Å². The molecule has 0 aliphatic heterocycles. The van der Waals surface area contributed by atoms with Gasteiger partial charge < -0.3 is 10.1 Å². The monoisotopic (exact) mass is 424 g/mol. The van der Waals surface area contributed by atoms with E-state index in [1.165, 1.54) is 12.5 Å². The summed E-state index contributed by atoms with van der Waals surface area (Å²) in [6.07, 6.45) is 2.26. The molecule has 1 N–H and O–H groups in total. The minimum absolute atomic E-state index is 0.0294. The van der Waals surface area contributed by atoms with E-state index in [1.807, 2.05) is 24.3 Å². The minimum atomic E-state index is -0.960. The van der Waals surface area contributed by atoms with E-state index in [1.54, 1.807) is 25.4 Å². The van der Waals surface area contributed by atoms with Crippen LogP contribution in [0.25, 0.3) is 10.8 Å². The van der Waals surface area contributed by atoms with E-state index < -0.39 is 18.0 Å². The molecule has 0 radical (unpaired) electrons. The van der Waals surface area contributed by atoms with Gasteiger partial charge in [-0.05, 0) is 43.0 Å². The lowest BCUT2D eigenvalue weighted by Crippen LogP contribution is -2.30. The zero-order valence-electron chi connectivity index (χ0n) is 17.6. The fourth-order valence-electron chi connectivity index (χ4n) is 2.66. The molecule has 3 aromatic rings. The second-order valence-corrected chi connectivity index (χ2v) is 8.87. The topological polar surface area (TPSA) is 94.1 Å². The van der Waals surface area contributed by atoms with Gasteiger partial charge in [-0.2, -0.15) is 0 Å². The summed E-state index contributed by atoms with van der Waals surface area (Å²) in [5, 5.41) is 3.30. The maximum Gasteiger partial charge on any atom is 0.351 e. The van der Waals surface area contributed by atoms with Crippen LogP contribution in [0.1, 0.15) is 48.6 Å². The van der Waals surface area contributed by atoms with Crippen LogP contribution in [0.5, 0.6) is 0 Å². The first-order valence-corrected chi connectivity index (χ1v) is 10.3. The number of aromatic nitrogens is 3. The normalized spacial score (nSPS) is 12.3. The minimum Gasteiger partial charge on any atom is -0.448 e. The number of rotatable bonds is 5. The molecule has 0 fully saturated rings. The molecule has 0 aliphatic carbocycles. The highest BCUT2D eigenvalue weighted by atomic mass is 32.1. The molecule has 7 nitrogen and oxygen atoms in total. The third-order valence-electron chi connectivity index (χ3n) is 4.41. The average Bonchev–Trinajstić information content (AvgIpc) is 3.10. The number of nitrogens with zero attached hydrogens (tertiary/aromatic N) is 3. The van der Waals surface area contributed by atoms with Gasteiger partial charge in [-0.1, -0.05) is 32.9 Å². The van der Waals surface area contributed by atoms with Crippen molar-refractivity contribution in [3.63, 3.8) is 0 Å². The molecule has 1 aromatic carbocycles. The number of hydrogen-bond donors (Lipinski definition) is 1. The zero-order valence-corrected chi connectivity index (χ0v) is 18.4. The number of ether oxygens (including phenoxy) is 1. The zero-order chi connectivity index (χ0) is 21.9. The van der Waals surface area contributed by atoms with E-state index in [0.717, 1.165) is 11.3 Å². The number of carbonyl (C=O) groups is 2. The molecule has 0 saturated carbocycles. The van der Waals surface area contributed by atoms with Crippen molar-refractivity contribution in [2.45, 2.75) is 46.1 Å². The Morgan fingerprint density at radius 1 is 1.10 bits per heavy atom. The lowest BCUT2D eigenvalue weighted by molar-refractivity contribution is -0.123. The van der Waals surface area contributed by atoms with E-state index in [4.69, 9.17) is 4.74 Å². The second kappa shape index (κ2) is 8.71. The fraction of sp³-hybridized carbons (Fsp3) is 0.318. The number of amides is 1. The van der Waals surface area contributed by atoms with Crippen LogP contribution in [0.4, 0.5) is 5.69 Å². The van der Waals surface area contributed by atoms with Gasteiger partial charge in [0.1, 0.15) is 4.88 Å². The van der Waals surface area contributed by atoms with Crippen LogP contribution in [0.3, 0.4) is 0 Å². The van der Waals surface area contributed by atoms with Crippen LogP contribution in [-0.4, -0.2) is 32.9 Å². The molecule has 3 rings (SSSR count). The summed E-state index contributed by atoms with van der Waals surface area (Å²) < 4.78 is 5.36. The summed E-state index contributed by atoms with van der Waals surface area (Å²) >= 11 is 1.14. The van der Waals surface area contributed by atoms with Crippen LogP contribution in [-0.2, 0) is 14.9 Å². The number of carbonyl (C=O) groups excluding carboxylic acids is 2. The summed E-state index contributed by atoms with van der Waals surface area (Å²) in [7, 11) is 0. The van der Waals surface area contributed by atoms with Gasteiger partial charge in [0.2, 0.25) is 0 Å². The highest BCUT2D eigenvalue weighted by Gasteiger charge is 2.24. The molecule has 2 aromatic heterocycles. The van der Waals surface area contributed by atoms with Gasteiger partial charge in [-0.25, -0.2) is 19.7 Å². The van der Waals surface area contributed by atoms with Crippen LogP contribution in [0.15, 0.2) is 42.7 Å². The predicted octanol–water partition coefficient (Wildman–Crippen LogP) is 4.39. The van der Waals surface area contributed by atoms with Crippen molar-refractivity contribution in [1.29, 1.82) is 0 Å². The number of aryl methyl sites for hydroxylation is 1. The first-order chi connectivity index (χ1) is 14.1. The Hall–Kier alpha value is -3.13. The highest BCUT2D eigenvalue weighted by Crippen LogP contribution is 2.26. The third-order valence-corrected chi connectivity index (χ3v) is 5.54. The van der Waals surface area contributed by atoms with Crippen LogP contribution >= 0.6 is 11.3 Å². The molecule has 30 heavy (non-hydrogen) atoms. The van der Waals surface area contributed by atoms with E-state index in [2.05, 4.69) is 41.0 Å². The molecule has 8 heteroatoms.